The third kappa shape index (κ3) is 6.13. The predicted molar refractivity (Wildman–Crippen MR) is 211 cm³/mol. The minimum Gasteiger partial charge on any atom is -0.494 e. The summed E-state index contributed by atoms with van der Waals surface area (Å²) < 4.78 is 26.3. The molecule has 0 spiro atoms. The SMILES string of the molecule is CCCCOc1ccc(C2(c3ccccc3)C=Cc3c(ccc4ccc5c(c34)C=CC(c3ccccc3)(c3ccc(OCCCC)cc3)O5)O2)cc1. The van der Waals surface area contributed by atoms with Crippen LogP contribution in [0.15, 0.2) is 146 Å². The molecule has 2 unspecified atom stereocenters. The molecule has 2 heterocycles. The van der Waals surface area contributed by atoms with Gasteiger partial charge >= 0.3 is 0 Å². The van der Waals surface area contributed by atoms with Crippen molar-refractivity contribution in [1.82, 2.24) is 0 Å². The molecule has 4 nitrogen and oxygen atoms in total. The Morgan fingerprint density at radius 2 is 0.865 bits per heavy atom. The van der Waals surface area contributed by atoms with Crippen LogP contribution in [0.5, 0.6) is 23.0 Å². The van der Waals surface area contributed by atoms with Gasteiger partial charge in [-0.2, -0.15) is 0 Å². The first-order valence-electron chi connectivity index (χ1n) is 18.6. The van der Waals surface area contributed by atoms with Crippen molar-refractivity contribution in [1.29, 1.82) is 0 Å². The molecule has 0 N–H and O–H groups in total. The molecular weight excluding hydrogens is 641 g/mol. The van der Waals surface area contributed by atoms with E-state index in [4.69, 9.17) is 18.9 Å². The third-order valence-corrected chi connectivity index (χ3v) is 10.2. The van der Waals surface area contributed by atoms with Gasteiger partial charge in [-0.05, 0) is 78.9 Å². The highest BCUT2D eigenvalue weighted by molar-refractivity contribution is 6.02. The Morgan fingerprint density at radius 3 is 1.27 bits per heavy atom. The molecule has 2 atom stereocenters. The van der Waals surface area contributed by atoms with Crippen LogP contribution in [-0.4, -0.2) is 13.2 Å². The van der Waals surface area contributed by atoms with Crippen molar-refractivity contribution >= 4 is 22.9 Å². The van der Waals surface area contributed by atoms with Crippen LogP contribution in [0.1, 0.15) is 72.9 Å². The van der Waals surface area contributed by atoms with Crippen molar-refractivity contribution in [3.8, 4) is 23.0 Å². The first kappa shape index (κ1) is 33.4. The monoisotopic (exact) mass is 684 g/mol. The molecule has 0 radical (unpaired) electrons. The summed E-state index contributed by atoms with van der Waals surface area (Å²) in [6.07, 6.45) is 13.1. The molecule has 0 saturated carbocycles. The average molecular weight is 685 g/mol. The van der Waals surface area contributed by atoms with Gasteiger partial charge in [-0.1, -0.05) is 124 Å². The summed E-state index contributed by atoms with van der Waals surface area (Å²) in [6, 6.07) is 46.1. The van der Waals surface area contributed by atoms with Gasteiger partial charge < -0.3 is 18.9 Å². The fourth-order valence-corrected chi connectivity index (χ4v) is 7.35. The Bertz CT molecular complexity index is 2050. The van der Waals surface area contributed by atoms with Gasteiger partial charge in [-0.3, -0.25) is 0 Å². The van der Waals surface area contributed by atoms with Crippen molar-refractivity contribution in [3.63, 3.8) is 0 Å². The molecule has 8 rings (SSSR count). The van der Waals surface area contributed by atoms with E-state index in [-0.39, 0.29) is 0 Å². The lowest BCUT2D eigenvalue weighted by molar-refractivity contribution is 0.160. The Morgan fingerprint density at radius 1 is 0.462 bits per heavy atom. The Hall–Kier alpha value is -5.74. The van der Waals surface area contributed by atoms with Crippen LogP contribution in [0.3, 0.4) is 0 Å². The minimum atomic E-state index is -0.806. The molecule has 6 aromatic carbocycles. The molecule has 2 aliphatic rings. The predicted octanol–water partition coefficient (Wildman–Crippen LogP) is 11.9. The van der Waals surface area contributed by atoms with Crippen LogP contribution in [-0.2, 0) is 11.2 Å². The van der Waals surface area contributed by atoms with Gasteiger partial charge in [0.15, 0.2) is 11.2 Å². The van der Waals surface area contributed by atoms with Crippen LogP contribution < -0.4 is 18.9 Å². The van der Waals surface area contributed by atoms with E-state index in [1.54, 1.807) is 0 Å². The van der Waals surface area contributed by atoms with Crippen molar-refractivity contribution < 1.29 is 18.9 Å². The van der Waals surface area contributed by atoms with E-state index < -0.39 is 11.2 Å². The summed E-state index contributed by atoms with van der Waals surface area (Å²) in [5, 5.41) is 2.23. The lowest BCUT2D eigenvalue weighted by Crippen LogP contribution is -2.34. The van der Waals surface area contributed by atoms with E-state index in [9.17, 15) is 0 Å². The van der Waals surface area contributed by atoms with E-state index in [1.165, 1.54) is 0 Å². The second-order valence-corrected chi connectivity index (χ2v) is 13.6. The number of unbranched alkanes of at least 4 members (excludes halogenated alkanes) is 2. The molecule has 52 heavy (non-hydrogen) atoms. The van der Waals surface area contributed by atoms with E-state index in [0.717, 1.165) is 92.8 Å². The smallest absolute Gasteiger partial charge is 0.178 e. The summed E-state index contributed by atoms with van der Waals surface area (Å²) in [4.78, 5) is 0. The molecule has 4 heteroatoms. The summed E-state index contributed by atoms with van der Waals surface area (Å²) in [6.45, 7) is 5.77. The number of hydrogen-bond donors (Lipinski definition) is 0. The molecule has 0 aliphatic carbocycles. The largest absolute Gasteiger partial charge is 0.494 e. The van der Waals surface area contributed by atoms with Crippen molar-refractivity contribution in [2.24, 2.45) is 0 Å². The summed E-state index contributed by atoms with van der Waals surface area (Å²) in [5.41, 5.74) is 4.66. The van der Waals surface area contributed by atoms with E-state index in [0.29, 0.717) is 13.2 Å². The number of fused-ring (bicyclic) bond motifs is 5. The molecule has 260 valence electrons. The van der Waals surface area contributed by atoms with Gasteiger partial charge in [-0.25, -0.2) is 0 Å². The molecular formula is C48H44O4. The molecule has 0 fully saturated rings. The van der Waals surface area contributed by atoms with Gasteiger partial charge in [-0.15, -0.1) is 0 Å². The van der Waals surface area contributed by atoms with E-state index in [2.05, 4.69) is 135 Å². The van der Waals surface area contributed by atoms with Gasteiger partial charge in [0.1, 0.15) is 23.0 Å². The van der Waals surface area contributed by atoms with Crippen molar-refractivity contribution in [3.05, 3.63) is 179 Å². The number of ether oxygens (including phenoxy) is 4. The zero-order valence-corrected chi connectivity index (χ0v) is 29.9. The average Bonchev–Trinajstić information content (AvgIpc) is 3.21. The number of hydrogen-bond acceptors (Lipinski definition) is 4. The van der Waals surface area contributed by atoms with Crippen LogP contribution >= 0.6 is 0 Å². The molecule has 0 saturated heterocycles. The van der Waals surface area contributed by atoms with Crippen LogP contribution in [0, 0.1) is 0 Å². The van der Waals surface area contributed by atoms with Crippen LogP contribution in [0.25, 0.3) is 22.9 Å². The maximum atomic E-state index is 7.15. The summed E-state index contributed by atoms with van der Waals surface area (Å²) >= 11 is 0. The van der Waals surface area contributed by atoms with Crippen molar-refractivity contribution in [2.45, 2.75) is 50.7 Å². The lowest BCUT2D eigenvalue weighted by Gasteiger charge is -2.38. The summed E-state index contributed by atoms with van der Waals surface area (Å²) in [5.74, 6) is 3.38. The van der Waals surface area contributed by atoms with E-state index >= 15 is 0 Å². The van der Waals surface area contributed by atoms with E-state index in [1.807, 2.05) is 36.4 Å². The molecule has 2 aliphatic heterocycles. The second-order valence-electron chi connectivity index (χ2n) is 13.6. The van der Waals surface area contributed by atoms with Gasteiger partial charge in [0.2, 0.25) is 0 Å². The standard InChI is InChI=1S/C48H44O4/c1-3-5-33-49-40-23-19-38(20-24-40)47(36-13-9-7-10-14-36)31-29-42-44(51-47)27-17-35-18-28-45-43(46(35)42)30-32-48(52-45,37-15-11-8-12-16-37)39-21-25-41(26-22-39)50-34-6-4-2/h7-32H,3-6,33-34H2,1-2H3. The highest BCUT2D eigenvalue weighted by atomic mass is 16.5. The maximum absolute atomic E-state index is 7.15. The topological polar surface area (TPSA) is 36.9 Å². The van der Waals surface area contributed by atoms with Gasteiger partial charge in [0.25, 0.3) is 0 Å². The fourth-order valence-electron chi connectivity index (χ4n) is 7.35. The Kier molecular flexibility index (Phi) is 9.30. The maximum Gasteiger partial charge on any atom is 0.178 e. The normalized spacial score (nSPS) is 18.6. The zero-order chi connectivity index (χ0) is 35.4. The molecule has 0 bridgehead atoms. The van der Waals surface area contributed by atoms with Crippen LogP contribution in [0.2, 0.25) is 0 Å². The van der Waals surface area contributed by atoms with Gasteiger partial charge in [0.05, 0.1) is 13.2 Å². The molecule has 6 aromatic rings. The highest BCUT2D eigenvalue weighted by Crippen LogP contribution is 2.49. The van der Waals surface area contributed by atoms with Crippen molar-refractivity contribution in [2.75, 3.05) is 13.2 Å². The quantitative estimate of drug-likeness (QED) is 0.120. The summed E-state index contributed by atoms with van der Waals surface area (Å²) in [7, 11) is 0. The highest BCUT2D eigenvalue weighted by Gasteiger charge is 2.40. The molecule has 0 aromatic heterocycles. The minimum absolute atomic E-state index is 0.714. The molecule has 0 amide bonds. The first-order chi connectivity index (χ1) is 25.6. The van der Waals surface area contributed by atoms with Gasteiger partial charge in [0, 0.05) is 38.8 Å². The Balaban J connectivity index is 1.19. The fraction of sp³-hybridized carbons (Fsp3) is 0.208. The number of benzene rings is 6. The zero-order valence-electron chi connectivity index (χ0n) is 29.9. The Labute approximate surface area is 307 Å². The third-order valence-electron chi connectivity index (χ3n) is 10.2. The second kappa shape index (κ2) is 14.5. The first-order valence-corrected chi connectivity index (χ1v) is 18.6. The number of rotatable bonds is 12. The van der Waals surface area contributed by atoms with Crippen LogP contribution in [0.4, 0.5) is 0 Å². The lowest BCUT2D eigenvalue weighted by atomic mass is 9.81.